The lowest BCUT2D eigenvalue weighted by Gasteiger charge is -2.10. The molecule has 0 N–H and O–H groups in total. The van der Waals surface area contributed by atoms with Gasteiger partial charge in [0.15, 0.2) is 17.2 Å². The van der Waals surface area contributed by atoms with Gasteiger partial charge in [0.1, 0.15) is 6.07 Å². The molecule has 0 aliphatic rings. The molecule has 0 fully saturated rings. The molecule has 0 aliphatic heterocycles. The first-order chi connectivity index (χ1) is 9.73. The smallest absolute Gasteiger partial charge is 0.186 e. The van der Waals surface area contributed by atoms with Gasteiger partial charge < -0.3 is 9.47 Å². The van der Waals surface area contributed by atoms with E-state index in [1.807, 2.05) is 25.1 Å². The molecule has 0 unspecified atom stereocenters. The van der Waals surface area contributed by atoms with E-state index in [1.54, 1.807) is 18.9 Å². The van der Waals surface area contributed by atoms with Gasteiger partial charge in [0.2, 0.25) is 0 Å². The predicted molar refractivity (Wildman–Crippen MR) is 72.8 cm³/mol. The van der Waals surface area contributed by atoms with Gasteiger partial charge in [0, 0.05) is 13.0 Å². The van der Waals surface area contributed by atoms with Crippen molar-refractivity contribution in [3.05, 3.63) is 35.2 Å². The van der Waals surface area contributed by atoms with E-state index >= 15 is 0 Å². The van der Waals surface area contributed by atoms with Crippen LogP contribution in [-0.4, -0.2) is 29.2 Å². The van der Waals surface area contributed by atoms with Crippen LogP contribution in [-0.2, 0) is 13.0 Å². The van der Waals surface area contributed by atoms with Gasteiger partial charge in [-0.15, -0.1) is 5.10 Å². The van der Waals surface area contributed by atoms with Crippen molar-refractivity contribution in [2.75, 3.05) is 14.2 Å². The number of hydrogen-bond acceptors (Lipinski definition) is 5. The molecule has 1 aromatic carbocycles. The number of aromatic nitrogens is 3. The number of hydrogen-bond donors (Lipinski definition) is 0. The molecule has 0 atom stereocenters. The van der Waals surface area contributed by atoms with Gasteiger partial charge in [-0.25, -0.2) is 4.68 Å². The molecular formula is C14H16N4O2. The van der Waals surface area contributed by atoms with Crippen molar-refractivity contribution in [3.8, 4) is 17.6 Å². The second kappa shape index (κ2) is 6.06. The molecule has 104 valence electrons. The molecule has 0 saturated heterocycles. The van der Waals surface area contributed by atoms with E-state index in [9.17, 15) is 0 Å². The first kappa shape index (κ1) is 13.9. The fourth-order valence-corrected chi connectivity index (χ4v) is 2.03. The molecule has 0 bridgehead atoms. The van der Waals surface area contributed by atoms with Gasteiger partial charge in [0.25, 0.3) is 0 Å². The zero-order valence-electron chi connectivity index (χ0n) is 11.8. The molecule has 1 aromatic heterocycles. The lowest BCUT2D eigenvalue weighted by molar-refractivity contribution is 0.354. The highest BCUT2D eigenvalue weighted by Crippen LogP contribution is 2.28. The first-order valence-corrected chi connectivity index (χ1v) is 6.26. The van der Waals surface area contributed by atoms with E-state index < -0.39 is 0 Å². The maximum atomic E-state index is 9.08. The zero-order chi connectivity index (χ0) is 14.5. The minimum Gasteiger partial charge on any atom is -0.493 e. The van der Waals surface area contributed by atoms with E-state index in [4.69, 9.17) is 14.7 Å². The van der Waals surface area contributed by atoms with Crippen LogP contribution >= 0.6 is 0 Å². The molecule has 0 amide bonds. The summed E-state index contributed by atoms with van der Waals surface area (Å²) >= 11 is 0. The van der Waals surface area contributed by atoms with Crippen molar-refractivity contribution in [1.29, 1.82) is 5.26 Å². The summed E-state index contributed by atoms with van der Waals surface area (Å²) in [5.74, 6) is 1.35. The maximum absolute atomic E-state index is 9.08. The van der Waals surface area contributed by atoms with Crippen molar-refractivity contribution < 1.29 is 9.47 Å². The lowest BCUT2D eigenvalue weighted by atomic mass is 10.1. The number of rotatable bonds is 5. The van der Waals surface area contributed by atoms with Crippen LogP contribution in [0, 0.1) is 11.3 Å². The van der Waals surface area contributed by atoms with Gasteiger partial charge in [-0.1, -0.05) is 11.3 Å². The zero-order valence-corrected chi connectivity index (χ0v) is 11.8. The van der Waals surface area contributed by atoms with Crippen LogP contribution in [0.3, 0.4) is 0 Å². The third-order valence-corrected chi connectivity index (χ3v) is 3.06. The summed E-state index contributed by atoms with van der Waals surface area (Å²) in [4.78, 5) is 0. The minimum atomic E-state index is 0.363. The number of aryl methyl sites for hydroxylation is 1. The Hall–Kier alpha value is -2.55. The van der Waals surface area contributed by atoms with Crippen LogP contribution in [0.25, 0.3) is 0 Å². The predicted octanol–water partition coefficient (Wildman–Crippen LogP) is 1.78. The summed E-state index contributed by atoms with van der Waals surface area (Å²) < 4.78 is 12.2. The van der Waals surface area contributed by atoms with E-state index in [2.05, 4.69) is 16.4 Å². The number of ether oxygens (including phenoxy) is 2. The molecule has 2 aromatic rings. The highest BCUT2D eigenvalue weighted by molar-refractivity contribution is 5.44. The monoisotopic (exact) mass is 272 g/mol. The Kier molecular flexibility index (Phi) is 4.20. The van der Waals surface area contributed by atoms with E-state index in [0.717, 1.165) is 11.3 Å². The van der Waals surface area contributed by atoms with Crippen LogP contribution < -0.4 is 9.47 Å². The Morgan fingerprint density at radius 1 is 1.25 bits per heavy atom. The minimum absolute atomic E-state index is 0.363. The van der Waals surface area contributed by atoms with Gasteiger partial charge in [0.05, 0.1) is 19.9 Å². The topological polar surface area (TPSA) is 73.0 Å². The average Bonchev–Trinajstić information content (AvgIpc) is 2.88. The van der Waals surface area contributed by atoms with Crippen molar-refractivity contribution in [3.63, 3.8) is 0 Å². The van der Waals surface area contributed by atoms with Crippen molar-refractivity contribution >= 4 is 0 Å². The Balaban J connectivity index is 2.35. The molecule has 2 rings (SSSR count). The van der Waals surface area contributed by atoms with Crippen LogP contribution in [0.1, 0.15) is 23.9 Å². The molecule has 6 heteroatoms. The standard InChI is InChI=1S/C14H16N4O2/c1-4-18-12(11(9-15)16-17-18)7-10-5-6-13(19-2)14(8-10)20-3/h5-6,8H,4,7H2,1-3H3. The SMILES string of the molecule is CCn1nnc(C#N)c1Cc1ccc(OC)c(OC)c1. The first-order valence-electron chi connectivity index (χ1n) is 6.26. The normalized spacial score (nSPS) is 10.1. The summed E-state index contributed by atoms with van der Waals surface area (Å²) in [5, 5.41) is 16.9. The highest BCUT2D eigenvalue weighted by atomic mass is 16.5. The summed E-state index contributed by atoms with van der Waals surface area (Å²) in [5.41, 5.74) is 2.18. The summed E-state index contributed by atoms with van der Waals surface area (Å²) in [6.45, 7) is 2.64. The maximum Gasteiger partial charge on any atom is 0.186 e. The van der Waals surface area contributed by atoms with Crippen molar-refractivity contribution in [1.82, 2.24) is 15.0 Å². The number of methoxy groups -OCH3 is 2. The fraction of sp³-hybridized carbons (Fsp3) is 0.357. The molecule has 20 heavy (non-hydrogen) atoms. The third kappa shape index (κ3) is 2.57. The lowest BCUT2D eigenvalue weighted by Crippen LogP contribution is -2.04. The molecule has 6 nitrogen and oxygen atoms in total. The molecule has 0 saturated carbocycles. The number of nitriles is 1. The summed E-state index contributed by atoms with van der Waals surface area (Å²) in [7, 11) is 3.20. The van der Waals surface area contributed by atoms with Gasteiger partial charge in [-0.2, -0.15) is 5.26 Å². The van der Waals surface area contributed by atoms with Crippen molar-refractivity contribution in [2.24, 2.45) is 0 Å². The van der Waals surface area contributed by atoms with Gasteiger partial charge >= 0.3 is 0 Å². The molecule has 1 heterocycles. The van der Waals surface area contributed by atoms with Gasteiger partial charge in [-0.05, 0) is 24.6 Å². The van der Waals surface area contributed by atoms with Crippen LogP contribution in [0.4, 0.5) is 0 Å². The quantitative estimate of drug-likeness (QED) is 0.829. The third-order valence-electron chi connectivity index (χ3n) is 3.06. The number of nitrogens with zero attached hydrogens (tertiary/aromatic N) is 4. The molecule has 0 aliphatic carbocycles. The average molecular weight is 272 g/mol. The van der Waals surface area contributed by atoms with Crippen LogP contribution in [0.5, 0.6) is 11.5 Å². The second-order valence-electron chi connectivity index (χ2n) is 4.18. The highest BCUT2D eigenvalue weighted by Gasteiger charge is 2.13. The Morgan fingerprint density at radius 3 is 2.60 bits per heavy atom. The van der Waals surface area contributed by atoms with E-state index in [-0.39, 0.29) is 0 Å². The Bertz CT molecular complexity index is 643. The summed E-state index contributed by atoms with van der Waals surface area (Å²) in [6.07, 6.45) is 0.573. The Labute approximate surface area is 117 Å². The van der Waals surface area contributed by atoms with E-state index in [0.29, 0.717) is 30.2 Å². The molecule has 0 radical (unpaired) electrons. The fourth-order valence-electron chi connectivity index (χ4n) is 2.03. The molecular weight excluding hydrogens is 256 g/mol. The van der Waals surface area contributed by atoms with Crippen molar-refractivity contribution in [2.45, 2.75) is 19.9 Å². The largest absolute Gasteiger partial charge is 0.493 e. The summed E-state index contributed by atoms with van der Waals surface area (Å²) in [6, 6.07) is 7.75. The molecule has 0 spiro atoms. The van der Waals surface area contributed by atoms with Gasteiger partial charge in [-0.3, -0.25) is 0 Å². The Morgan fingerprint density at radius 2 is 2.00 bits per heavy atom. The second-order valence-corrected chi connectivity index (χ2v) is 4.18. The van der Waals surface area contributed by atoms with Crippen LogP contribution in [0.2, 0.25) is 0 Å². The number of benzene rings is 1. The van der Waals surface area contributed by atoms with E-state index in [1.165, 1.54) is 0 Å². The van der Waals surface area contributed by atoms with Crippen LogP contribution in [0.15, 0.2) is 18.2 Å².